The number of nitrogens with zero attached hydrogens (tertiary/aromatic N) is 1. The average molecular weight is 398 g/mol. The number of rotatable bonds is 8. The lowest BCUT2D eigenvalue weighted by Crippen LogP contribution is -2.30. The van der Waals surface area contributed by atoms with E-state index >= 15 is 0 Å². The van der Waals surface area contributed by atoms with Crippen LogP contribution in [-0.2, 0) is 14.8 Å². The SMILES string of the molecule is CCN(CC)S(=O)(=O)c1cccc(NC(=O)COc2ccc(F)c(F)c2)c1. The van der Waals surface area contributed by atoms with E-state index in [1.807, 2.05) is 0 Å². The largest absolute Gasteiger partial charge is 0.484 e. The fourth-order valence-corrected chi connectivity index (χ4v) is 3.86. The van der Waals surface area contributed by atoms with Crippen LogP contribution in [0.5, 0.6) is 5.75 Å². The van der Waals surface area contributed by atoms with Gasteiger partial charge in [0, 0.05) is 24.8 Å². The monoisotopic (exact) mass is 398 g/mol. The molecule has 146 valence electrons. The zero-order valence-corrected chi connectivity index (χ0v) is 15.7. The van der Waals surface area contributed by atoms with Crippen molar-refractivity contribution in [1.29, 1.82) is 0 Å². The molecule has 0 radical (unpaired) electrons. The zero-order chi connectivity index (χ0) is 20.0. The Bertz CT molecular complexity index is 915. The summed E-state index contributed by atoms with van der Waals surface area (Å²) in [6.07, 6.45) is 0. The smallest absolute Gasteiger partial charge is 0.262 e. The molecular formula is C18H20F2N2O4S. The fraction of sp³-hybridized carbons (Fsp3) is 0.278. The minimum absolute atomic E-state index is 0.00177. The van der Waals surface area contributed by atoms with Crippen molar-refractivity contribution in [2.75, 3.05) is 25.0 Å². The van der Waals surface area contributed by atoms with Crippen molar-refractivity contribution in [2.45, 2.75) is 18.7 Å². The first kappa shape index (κ1) is 20.8. The Labute approximate surface area is 156 Å². The summed E-state index contributed by atoms with van der Waals surface area (Å²) in [6, 6.07) is 8.77. The van der Waals surface area contributed by atoms with E-state index in [4.69, 9.17) is 4.74 Å². The standard InChI is InChI=1S/C18H20F2N2O4S/c1-3-22(4-2)27(24,25)15-7-5-6-13(10-15)21-18(23)12-26-14-8-9-16(19)17(20)11-14/h5-11H,3-4,12H2,1-2H3,(H,21,23). The van der Waals surface area contributed by atoms with Crippen molar-refractivity contribution < 1.29 is 26.7 Å². The number of hydrogen-bond donors (Lipinski definition) is 1. The Balaban J connectivity index is 2.05. The van der Waals surface area contributed by atoms with Crippen LogP contribution < -0.4 is 10.1 Å². The van der Waals surface area contributed by atoms with Crippen molar-refractivity contribution in [3.63, 3.8) is 0 Å². The van der Waals surface area contributed by atoms with E-state index in [1.165, 1.54) is 34.6 Å². The summed E-state index contributed by atoms with van der Waals surface area (Å²) in [5.41, 5.74) is 0.280. The Hall–Kier alpha value is -2.52. The van der Waals surface area contributed by atoms with Crippen molar-refractivity contribution in [2.24, 2.45) is 0 Å². The normalized spacial score (nSPS) is 11.4. The Morgan fingerprint density at radius 3 is 2.41 bits per heavy atom. The van der Waals surface area contributed by atoms with Crippen molar-refractivity contribution >= 4 is 21.6 Å². The molecule has 27 heavy (non-hydrogen) atoms. The van der Waals surface area contributed by atoms with Gasteiger partial charge in [0.2, 0.25) is 10.0 Å². The third-order valence-electron chi connectivity index (χ3n) is 3.72. The number of hydrogen-bond acceptors (Lipinski definition) is 4. The Morgan fingerprint density at radius 2 is 1.78 bits per heavy atom. The second kappa shape index (κ2) is 8.92. The molecule has 0 spiro atoms. The average Bonchev–Trinajstić information content (AvgIpc) is 2.64. The van der Waals surface area contributed by atoms with E-state index in [0.29, 0.717) is 13.1 Å². The summed E-state index contributed by atoms with van der Waals surface area (Å²) in [7, 11) is -3.65. The number of sulfonamides is 1. The summed E-state index contributed by atoms with van der Waals surface area (Å²) in [5, 5.41) is 2.51. The second-order valence-electron chi connectivity index (χ2n) is 5.53. The Morgan fingerprint density at radius 1 is 1.07 bits per heavy atom. The molecule has 0 fully saturated rings. The highest BCUT2D eigenvalue weighted by molar-refractivity contribution is 7.89. The van der Waals surface area contributed by atoms with Gasteiger partial charge in [-0.2, -0.15) is 4.31 Å². The van der Waals surface area contributed by atoms with Crippen LogP contribution in [-0.4, -0.2) is 38.3 Å². The second-order valence-corrected chi connectivity index (χ2v) is 7.47. The van der Waals surface area contributed by atoms with Crippen molar-refractivity contribution in [3.8, 4) is 5.75 Å². The highest BCUT2D eigenvalue weighted by Gasteiger charge is 2.21. The van der Waals surface area contributed by atoms with Crippen LogP contribution in [0.1, 0.15) is 13.8 Å². The summed E-state index contributed by atoms with van der Waals surface area (Å²) in [6.45, 7) is 3.69. The molecule has 0 aromatic heterocycles. The van der Waals surface area contributed by atoms with Gasteiger partial charge in [0.25, 0.3) is 5.91 Å². The number of amides is 1. The van der Waals surface area contributed by atoms with Gasteiger partial charge in [-0.15, -0.1) is 0 Å². The van der Waals surface area contributed by atoms with Gasteiger partial charge < -0.3 is 10.1 Å². The minimum Gasteiger partial charge on any atom is -0.484 e. The van der Waals surface area contributed by atoms with Crippen LogP contribution in [0.2, 0.25) is 0 Å². The topological polar surface area (TPSA) is 75.7 Å². The number of ether oxygens (including phenoxy) is 1. The van der Waals surface area contributed by atoms with Crippen LogP contribution >= 0.6 is 0 Å². The molecule has 2 aromatic carbocycles. The maximum Gasteiger partial charge on any atom is 0.262 e. The summed E-state index contributed by atoms with van der Waals surface area (Å²) < 4.78 is 57.4. The van der Waals surface area contributed by atoms with E-state index < -0.39 is 34.2 Å². The van der Waals surface area contributed by atoms with Crippen LogP contribution in [0.25, 0.3) is 0 Å². The molecule has 0 aliphatic rings. The van der Waals surface area contributed by atoms with Gasteiger partial charge in [0.05, 0.1) is 4.90 Å². The number of anilines is 1. The van der Waals surface area contributed by atoms with Gasteiger partial charge in [0.1, 0.15) is 5.75 Å². The molecule has 0 bridgehead atoms. The number of carbonyl (C=O) groups is 1. The van der Waals surface area contributed by atoms with Crippen LogP contribution in [0, 0.1) is 11.6 Å². The number of halogens is 2. The third-order valence-corrected chi connectivity index (χ3v) is 5.77. The van der Waals surface area contributed by atoms with E-state index in [1.54, 1.807) is 13.8 Å². The van der Waals surface area contributed by atoms with Gasteiger partial charge in [-0.3, -0.25) is 4.79 Å². The molecule has 0 unspecified atom stereocenters. The maximum absolute atomic E-state index is 13.1. The van der Waals surface area contributed by atoms with E-state index in [2.05, 4.69) is 5.32 Å². The van der Waals surface area contributed by atoms with Gasteiger partial charge in [-0.1, -0.05) is 19.9 Å². The van der Waals surface area contributed by atoms with Crippen molar-refractivity contribution in [3.05, 3.63) is 54.1 Å². The van der Waals surface area contributed by atoms with Crippen LogP contribution in [0.3, 0.4) is 0 Å². The molecule has 6 nitrogen and oxygen atoms in total. The zero-order valence-electron chi connectivity index (χ0n) is 14.9. The molecule has 2 rings (SSSR count). The number of benzene rings is 2. The molecule has 1 amide bonds. The molecule has 0 aliphatic carbocycles. The van der Waals surface area contributed by atoms with Crippen LogP contribution in [0.4, 0.5) is 14.5 Å². The maximum atomic E-state index is 13.1. The lowest BCUT2D eigenvalue weighted by molar-refractivity contribution is -0.118. The number of carbonyl (C=O) groups excluding carboxylic acids is 1. The molecule has 0 saturated carbocycles. The summed E-state index contributed by atoms with van der Waals surface area (Å²) in [5.74, 6) is -2.67. The first-order valence-electron chi connectivity index (χ1n) is 8.25. The number of nitrogens with one attached hydrogen (secondary N) is 1. The van der Waals surface area contributed by atoms with E-state index in [9.17, 15) is 22.0 Å². The molecule has 0 heterocycles. The van der Waals surface area contributed by atoms with Crippen molar-refractivity contribution in [1.82, 2.24) is 4.31 Å². The molecule has 2 aromatic rings. The summed E-state index contributed by atoms with van der Waals surface area (Å²) >= 11 is 0. The third kappa shape index (κ3) is 5.24. The highest BCUT2D eigenvalue weighted by atomic mass is 32.2. The highest BCUT2D eigenvalue weighted by Crippen LogP contribution is 2.20. The molecule has 1 N–H and O–H groups in total. The Kier molecular flexibility index (Phi) is 6.86. The first-order valence-corrected chi connectivity index (χ1v) is 9.69. The molecule has 0 aliphatic heterocycles. The lowest BCUT2D eigenvalue weighted by Gasteiger charge is -2.18. The van der Waals surface area contributed by atoms with Gasteiger partial charge in [0.15, 0.2) is 18.2 Å². The van der Waals surface area contributed by atoms with Gasteiger partial charge in [-0.05, 0) is 30.3 Å². The molecular weight excluding hydrogens is 378 g/mol. The first-order chi connectivity index (χ1) is 12.8. The predicted molar refractivity (Wildman–Crippen MR) is 97.0 cm³/mol. The predicted octanol–water partition coefficient (Wildman–Crippen LogP) is 3.01. The molecule has 9 heteroatoms. The van der Waals surface area contributed by atoms with Crippen LogP contribution in [0.15, 0.2) is 47.4 Å². The minimum atomic E-state index is -3.65. The summed E-state index contributed by atoms with van der Waals surface area (Å²) in [4.78, 5) is 12.0. The van der Waals surface area contributed by atoms with E-state index in [0.717, 1.165) is 12.1 Å². The van der Waals surface area contributed by atoms with E-state index in [-0.39, 0.29) is 16.3 Å². The molecule has 0 saturated heterocycles. The fourth-order valence-electron chi connectivity index (χ4n) is 2.36. The van der Waals surface area contributed by atoms with Gasteiger partial charge >= 0.3 is 0 Å². The van der Waals surface area contributed by atoms with Gasteiger partial charge in [-0.25, -0.2) is 17.2 Å². The quantitative estimate of drug-likeness (QED) is 0.742. The lowest BCUT2D eigenvalue weighted by atomic mass is 10.3. The molecule has 0 atom stereocenters.